The third kappa shape index (κ3) is 4.30. The van der Waals surface area contributed by atoms with Crippen molar-refractivity contribution >= 4 is 28.8 Å². The van der Waals surface area contributed by atoms with Crippen LogP contribution in [0.15, 0.2) is 53.7 Å². The third-order valence-corrected chi connectivity index (χ3v) is 9.99. The lowest BCUT2D eigenvalue weighted by atomic mass is 9.69. The van der Waals surface area contributed by atoms with Crippen LogP contribution >= 0.6 is 12.2 Å². The maximum Gasteiger partial charge on any atom is 0.263 e. The number of para-hydroxylation sites is 1. The van der Waals surface area contributed by atoms with Gasteiger partial charge in [0.25, 0.3) is 5.91 Å². The van der Waals surface area contributed by atoms with Crippen LogP contribution in [-0.4, -0.2) is 50.2 Å². The van der Waals surface area contributed by atoms with E-state index < -0.39 is 0 Å². The molecule has 7 heteroatoms. The van der Waals surface area contributed by atoms with Crippen molar-refractivity contribution in [2.45, 2.75) is 52.9 Å². The predicted molar refractivity (Wildman–Crippen MR) is 159 cm³/mol. The number of rotatable bonds is 7. The highest BCUT2D eigenvalue weighted by molar-refractivity contribution is 7.81. The van der Waals surface area contributed by atoms with Gasteiger partial charge < -0.3 is 19.1 Å². The number of fused-ring (bicyclic) bond motifs is 2. The number of piperidine rings is 1. The Balaban J connectivity index is 1.66. The molecule has 1 saturated heterocycles. The first-order valence-electron chi connectivity index (χ1n) is 13.9. The standard InChI is InChI=1S/C32H40N2O4S/c1-31(2)23-15-16-32(31,3)28(33-17-11-8-12-18-33)26(23)30(39)34(22-13-9-7-10-14-22)29(35)21-19-24(36-4)27(38-6)25(20-21)37-5/h7,9-10,13-14,19-20,23H,8,11-12,15-18H2,1-6H3/t23-,32+/m1/s1. The molecule has 2 atom stereocenters. The Morgan fingerprint density at radius 3 is 2.13 bits per heavy atom. The lowest BCUT2D eigenvalue weighted by Gasteiger charge is -2.43. The largest absolute Gasteiger partial charge is 0.493 e. The van der Waals surface area contributed by atoms with Gasteiger partial charge in [-0.3, -0.25) is 9.69 Å². The van der Waals surface area contributed by atoms with E-state index in [4.69, 9.17) is 26.4 Å². The lowest BCUT2D eigenvalue weighted by molar-refractivity contribution is 0.100. The van der Waals surface area contributed by atoms with Gasteiger partial charge >= 0.3 is 0 Å². The maximum absolute atomic E-state index is 14.5. The molecule has 5 rings (SSSR count). The van der Waals surface area contributed by atoms with E-state index in [-0.39, 0.29) is 16.7 Å². The lowest BCUT2D eigenvalue weighted by Crippen LogP contribution is -2.42. The Morgan fingerprint density at radius 1 is 0.949 bits per heavy atom. The van der Waals surface area contributed by atoms with Crippen LogP contribution in [0.2, 0.25) is 0 Å². The SMILES string of the molecule is COc1cc(C(=O)N(C(=S)C2=C(N3CCCCC3)[C@]3(C)CC[C@H]2C3(C)C)c2ccccc2)cc(OC)c1OC. The smallest absolute Gasteiger partial charge is 0.263 e. The second-order valence-corrected chi connectivity index (χ2v) is 12.0. The van der Waals surface area contributed by atoms with E-state index in [0.717, 1.165) is 31.6 Å². The van der Waals surface area contributed by atoms with Gasteiger partial charge in [0.1, 0.15) is 4.99 Å². The van der Waals surface area contributed by atoms with Gasteiger partial charge in [-0.25, -0.2) is 0 Å². The van der Waals surface area contributed by atoms with Crippen molar-refractivity contribution in [2.24, 2.45) is 16.7 Å². The molecule has 2 aromatic rings. The third-order valence-electron chi connectivity index (χ3n) is 9.59. The monoisotopic (exact) mass is 548 g/mol. The zero-order valence-corrected chi connectivity index (χ0v) is 24.8. The second kappa shape index (κ2) is 10.5. The molecule has 0 radical (unpaired) electrons. The van der Waals surface area contributed by atoms with Crippen LogP contribution in [0.5, 0.6) is 17.2 Å². The van der Waals surface area contributed by atoms with Gasteiger partial charge in [0, 0.05) is 35.3 Å². The molecule has 0 aromatic heterocycles. The van der Waals surface area contributed by atoms with Crippen LogP contribution in [0, 0.1) is 16.7 Å². The highest BCUT2D eigenvalue weighted by Crippen LogP contribution is 2.69. The molecule has 2 fully saturated rings. The van der Waals surface area contributed by atoms with Crippen LogP contribution in [-0.2, 0) is 0 Å². The molecule has 1 aliphatic heterocycles. The van der Waals surface area contributed by atoms with Crippen LogP contribution in [0.25, 0.3) is 0 Å². The van der Waals surface area contributed by atoms with Crippen molar-refractivity contribution in [1.82, 2.24) is 4.90 Å². The highest BCUT2D eigenvalue weighted by Gasteiger charge is 2.63. The first kappa shape index (κ1) is 27.5. The molecule has 2 bridgehead atoms. The van der Waals surface area contributed by atoms with E-state index in [2.05, 4.69) is 25.7 Å². The van der Waals surface area contributed by atoms with Crippen molar-refractivity contribution in [3.63, 3.8) is 0 Å². The van der Waals surface area contributed by atoms with Crippen molar-refractivity contribution in [3.05, 3.63) is 59.3 Å². The zero-order valence-electron chi connectivity index (χ0n) is 24.0. The number of allylic oxidation sites excluding steroid dienone is 1. The summed E-state index contributed by atoms with van der Waals surface area (Å²) in [6.45, 7) is 9.29. The number of hydrogen-bond donors (Lipinski definition) is 0. The summed E-state index contributed by atoms with van der Waals surface area (Å²) >= 11 is 6.36. The van der Waals surface area contributed by atoms with Crippen molar-refractivity contribution in [2.75, 3.05) is 39.3 Å². The number of benzene rings is 2. The van der Waals surface area contributed by atoms with E-state index in [1.807, 2.05) is 30.3 Å². The number of thiocarbonyl (C=S) groups is 1. The first-order chi connectivity index (χ1) is 18.7. The summed E-state index contributed by atoms with van der Waals surface area (Å²) < 4.78 is 16.6. The Labute approximate surface area is 237 Å². The molecule has 0 spiro atoms. The van der Waals surface area contributed by atoms with Gasteiger partial charge in [-0.1, -0.05) is 51.2 Å². The molecule has 0 unspecified atom stereocenters. The Hall–Kier alpha value is -3.06. The summed E-state index contributed by atoms with van der Waals surface area (Å²) in [7, 11) is 4.66. The molecule has 1 heterocycles. The normalized spacial score (nSPS) is 23.5. The molecule has 208 valence electrons. The second-order valence-electron chi connectivity index (χ2n) is 11.7. The minimum absolute atomic E-state index is 0.0202. The number of amides is 1. The molecular formula is C32H40N2O4S. The fourth-order valence-corrected chi connectivity index (χ4v) is 7.56. The minimum Gasteiger partial charge on any atom is -0.493 e. The van der Waals surface area contributed by atoms with E-state index in [0.29, 0.717) is 33.7 Å². The van der Waals surface area contributed by atoms with Gasteiger partial charge in [0.05, 0.1) is 27.0 Å². The summed E-state index contributed by atoms with van der Waals surface area (Å²) in [6, 6.07) is 13.1. The van der Waals surface area contributed by atoms with Crippen LogP contribution in [0.3, 0.4) is 0 Å². The van der Waals surface area contributed by atoms with E-state index >= 15 is 0 Å². The van der Waals surface area contributed by atoms with Gasteiger partial charge in [-0.2, -0.15) is 0 Å². The molecule has 39 heavy (non-hydrogen) atoms. The van der Waals surface area contributed by atoms with Crippen LogP contribution in [0.4, 0.5) is 5.69 Å². The average Bonchev–Trinajstić information content (AvgIpc) is 3.29. The number of ether oxygens (including phenoxy) is 3. The molecule has 1 amide bonds. The number of hydrogen-bond acceptors (Lipinski definition) is 6. The number of likely N-dealkylation sites (tertiary alicyclic amines) is 1. The summed E-state index contributed by atoms with van der Waals surface area (Å²) in [4.78, 5) is 19.4. The van der Waals surface area contributed by atoms with Crippen molar-refractivity contribution < 1.29 is 19.0 Å². The topological polar surface area (TPSA) is 51.2 Å². The fourth-order valence-electron chi connectivity index (χ4n) is 7.14. The summed E-state index contributed by atoms with van der Waals surface area (Å²) in [6.07, 6.45) is 5.88. The Morgan fingerprint density at radius 2 is 1.56 bits per heavy atom. The van der Waals surface area contributed by atoms with Gasteiger partial charge in [0.15, 0.2) is 11.5 Å². The van der Waals surface area contributed by atoms with Crippen LogP contribution in [0.1, 0.15) is 63.2 Å². The van der Waals surface area contributed by atoms with Crippen molar-refractivity contribution in [1.29, 1.82) is 0 Å². The molecule has 0 N–H and O–H groups in total. The Kier molecular flexibility index (Phi) is 7.40. The molecule has 2 aromatic carbocycles. The number of nitrogens with zero attached hydrogens (tertiary/aromatic N) is 2. The summed E-state index contributed by atoms with van der Waals surface area (Å²) in [5, 5.41) is 0. The molecular weight excluding hydrogens is 508 g/mol. The predicted octanol–water partition coefficient (Wildman–Crippen LogP) is 6.88. The summed E-state index contributed by atoms with van der Waals surface area (Å²) in [5.74, 6) is 1.39. The zero-order chi connectivity index (χ0) is 27.9. The number of carbonyl (C=O) groups excluding carboxylic acids is 1. The maximum atomic E-state index is 14.5. The molecule has 3 aliphatic rings. The Bertz CT molecular complexity index is 1270. The first-order valence-corrected chi connectivity index (χ1v) is 14.3. The van der Waals surface area contributed by atoms with Gasteiger partial charge in [-0.05, 0) is 67.7 Å². The van der Waals surface area contributed by atoms with E-state index in [1.165, 1.54) is 30.5 Å². The number of carbonyl (C=O) groups is 1. The van der Waals surface area contributed by atoms with E-state index in [9.17, 15) is 4.79 Å². The fraction of sp³-hybridized carbons (Fsp3) is 0.500. The van der Waals surface area contributed by atoms with E-state index in [1.54, 1.807) is 38.4 Å². The summed E-state index contributed by atoms with van der Waals surface area (Å²) in [5.41, 5.74) is 3.79. The molecule has 1 saturated carbocycles. The highest BCUT2D eigenvalue weighted by atomic mass is 32.1. The average molecular weight is 549 g/mol. The van der Waals surface area contributed by atoms with Crippen LogP contribution < -0.4 is 19.1 Å². The number of methoxy groups -OCH3 is 3. The van der Waals surface area contributed by atoms with Gasteiger partial charge in [0.2, 0.25) is 5.75 Å². The van der Waals surface area contributed by atoms with Gasteiger partial charge in [-0.15, -0.1) is 0 Å². The quantitative estimate of drug-likeness (QED) is 0.352. The molecule has 2 aliphatic carbocycles. The number of anilines is 1. The molecule has 6 nitrogen and oxygen atoms in total. The van der Waals surface area contributed by atoms with Crippen molar-refractivity contribution in [3.8, 4) is 17.2 Å². The minimum atomic E-state index is -0.221.